The van der Waals surface area contributed by atoms with Gasteiger partial charge in [-0.2, -0.15) is 0 Å². The van der Waals surface area contributed by atoms with Crippen molar-refractivity contribution in [1.29, 1.82) is 0 Å². The summed E-state index contributed by atoms with van der Waals surface area (Å²) >= 11 is 0. The molecule has 0 heterocycles. The number of amides is 1. The first-order chi connectivity index (χ1) is 15.2. The van der Waals surface area contributed by atoms with Gasteiger partial charge in [0.1, 0.15) is 5.75 Å². The molecule has 0 aliphatic carbocycles. The second-order valence-electron chi connectivity index (χ2n) is 6.74. The number of ether oxygens (including phenoxy) is 1. The number of benzene rings is 3. The van der Waals surface area contributed by atoms with E-state index in [1.54, 1.807) is 24.3 Å². The van der Waals surface area contributed by atoms with Crippen LogP contribution in [-0.4, -0.2) is 28.5 Å². The van der Waals surface area contributed by atoms with Gasteiger partial charge in [0.2, 0.25) is 10.0 Å². The van der Waals surface area contributed by atoms with Gasteiger partial charge in [-0.15, -0.1) is 0 Å². The molecule has 3 aromatic rings. The highest BCUT2D eigenvalue weighted by atomic mass is 32.2. The van der Waals surface area contributed by atoms with Crippen molar-refractivity contribution in [2.45, 2.75) is 11.4 Å². The minimum Gasteiger partial charge on any atom is -0.497 e. The van der Waals surface area contributed by atoms with E-state index in [0.717, 1.165) is 12.1 Å². The standard InChI is InChI=1S/C22H21F2N3O4S/c1-25-32(29,30)19-11-15(22(28)27-16-4-6-18(31-2)7-5-16)10-17(12-19)26-13-14-3-8-20(23)21(24)9-14/h3-12,25-26H,13H2,1-2H3,(H,27,28). The topological polar surface area (TPSA) is 96.5 Å². The molecule has 0 saturated heterocycles. The minimum atomic E-state index is -3.85. The fraction of sp³-hybridized carbons (Fsp3) is 0.136. The molecule has 0 unspecified atom stereocenters. The minimum absolute atomic E-state index is 0.0831. The van der Waals surface area contributed by atoms with E-state index in [-0.39, 0.29) is 17.0 Å². The number of hydrogen-bond acceptors (Lipinski definition) is 5. The zero-order valence-electron chi connectivity index (χ0n) is 17.3. The number of halogens is 2. The van der Waals surface area contributed by atoms with Crippen LogP contribution in [0.5, 0.6) is 5.75 Å². The molecule has 3 rings (SSSR count). The number of nitrogens with one attached hydrogen (secondary N) is 3. The van der Waals surface area contributed by atoms with Gasteiger partial charge >= 0.3 is 0 Å². The van der Waals surface area contributed by atoms with Crippen LogP contribution in [0, 0.1) is 11.6 Å². The monoisotopic (exact) mass is 461 g/mol. The fourth-order valence-electron chi connectivity index (χ4n) is 2.84. The Hall–Kier alpha value is -3.50. The van der Waals surface area contributed by atoms with Gasteiger partial charge in [0.25, 0.3) is 5.91 Å². The average Bonchev–Trinajstić information content (AvgIpc) is 2.80. The zero-order chi connectivity index (χ0) is 23.3. The average molecular weight is 461 g/mol. The van der Waals surface area contributed by atoms with Crippen molar-refractivity contribution in [3.63, 3.8) is 0 Å². The Morgan fingerprint density at radius 3 is 2.28 bits per heavy atom. The van der Waals surface area contributed by atoms with Gasteiger partial charge < -0.3 is 15.4 Å². The van der Waals surface area contributed by atoms with Crippen molar-refractivity contribution in [2.24, 2.45) is 0 Å². The molecular weight excluding hydrogens is 440 g/mol. The fourth-order valence-corrected chi connectivity index (χ4v) is 3.64. The first kappa shape index (κ1) is 23.2. The number of rotatable bonds is 8. The maximum absolute atomic E-state index is 13.4. The van der Waals surface area contributed by atoms with E-state index < -0.39 is 27.6 Å². The predicted octanol–water partition coefficient (Wildman–Crippen LogP) is 3.75. The Labute approximate surface area is 184 Å². The summed E-state index contributed by atoms with van der Waals surface area (Å²) in [4.78, 5) is 12.6. The van der Waals surface area contributed by atoms with Crippen LogP contribution in [0.15, 0.2) is 65.6 Å². The van der Waals surface area contributed by atoms with Gasteiger partial charge in [0.05, 0.1) is 12.0 Å². The Bertz CT molecular complexity index is 1230. The van der Waals surface area contributed by atoms with Crippen LogP contribution in [0.4, 0.5) is 20.2 Å². The second kappa shape index (κ2) is 9.75. The number of anilines is 2. The first-order valence-electron chi connectivity index (χ1n) is 9.43. The lowest BCUT2D eigenvalue weighted by Crippen LogP contribution is -2.20. The number of methoxy groups -OCH3 is 1. The maximum atomic E-state index is 13.4. The lowest BCUT2D eigenvalue weighted by molar-refractivity contribution is 0.102. The number of hydrogen-bond donors (Lipinski definition) is 3. The van der Waals surface area contributed by atoms with E-state index in [1.807, 2.05) is 0 Å². The third-order valence-electron chi connectivity index (χ3n) is 4.58. The van der Waals surface area contributed by atoms with E-state index in [9.17, 15) is 22.0 Å². The third kappa shape index (κ3) is 5.59. The molecule has 0 spiro atoms. The summed E-state index contributed by atoms with van der Waals surface area (Å²) in [7, 11) is -1.07. The van der Waals surface area contributed by atoms with Gasteiger partial charge in [-0.3, -0.25) is 4.79 Å². The molecule has 0 fully saturated rings. The van der Waals surface area contributed by atoms with Crippen LogP contribution in [0.2, 0.25) is 0 Å². The van der Waals surface area contributed by atoms with E-state index in [2.05, 4.69) is 15.4 Å². The molecule has 32 heavy (non-hydrogen) atoms. The molecule has 0 aliphatic rings. The van der Waals surface area contributed by atoms with E-state index >= 15 is 0 Å². The smallest absolute Gasteiger partial charge is 0.255 e. The van der Waals surface area contributed by atoms with Crippen LogP contribution in [0.25, 0.3) is 0 Å². The summed E-state index contributed by atoms with van der Waals surface area (Å²) in [6.45, 7) is 0.0831. The van der Waals surface area contributed by atoms with E-state index in [4.69, 9.17) is 4.74 Å². The van der Waals surface area contributed by atoms with Gasteiger partial charge in [0.15, 0.2) is 11.6 Å². The van der Waals surface area contributed by atoms with E-state index in [0.29, 0.717) is 22.7 Å². The molecule has 10 heteroatoms. The van der Waals surface area contributed by atoms with Crippen LogP contribution in [-0.2, 0) is 16.6 Å². The first-order valence-corrected chi connectivity index (χ1v) is 10.9. The summed E-state index contributed by atoms with van der Waals surface area (Å²) in [6.07, 6.45) is 0. The normalized spacial score (nSPS) is 11.1. The molecule has 0 aliphatic heterocycles. The molecule has 3 N–H and O–H groups in total. The molecule has 168 valence electrons. The second-order valence-corrected chi connectivity index (χ2v) is 8.62. The Morgan fingerprint density at radius 2 is 1.66 bits per heavy atom. The molecular formula is C22H21F2N3O4S. The van der Waals surface area contributed by atoms with E-state index in [1.165, 1.54) is 38.4 Å². The molecule has 0 atom stereocenters. The molecule has 0 bridgehead atoms. The van der Waals surface area contributed by atoms with Crippen molar-refractivity contribution in [1.82, 2.24) is 4.72 Å². The SMILES string of the molecule is CNS(=O)(=O)c1cc(NCc2ccc(F)c(F)c2)cc(C(=O)Nc2ccc(OC)cc2)c1. The Kier molecular flexibility index (Phi) is 7.06. The highest BCUT2D eigenvalue weighted by Crippen LogP contribution is 2.22. The maximum Gasteiger partial charge on any atom is 0.255 e. The van der Waals surface area contributed by atoms with Gasteiger partial charge in [0, 0.05) is 23.5 Å². The third-order valence-corrected chi connectivity index (χ3v) is 5.97. The molecule has 0 radical (unpaired) electrons. The van der Waals surface area contributed by atoms with Crippen LogP contribution in [0.1, 0.15) is 15.9 Å². The van der Waals surface area contributed by atoms with Crippen molar-refractivity contribution < 1.29 is 26.7 Å². The van der Waals surface area contributed by atoms with Crippen molar-refractivity contribution in [2.75, 3.05) is 24.8 Å². The highest BCUT2D eigenvalue weighted by Gasteiger charge is 2.17. The molecule has 7 nitrogen and oxygen atoms in total. The largest absolute Gasteiger partial charge is 0.497 e. The summed E-state index contributed by atoms with van der Waals surface area (Å²) < 4.78 is 58.5. The van der Waals surface area contributed by atoms with Crippen molar-refractivity contribution >= 4 is 27.3 Å². The van der Waals surface area contributed by atoms with Gasteiger partial charge in [-0.05, 0) is 67.2 Å². The summed E-state index contributed by atoms with van der Waals surface area (Å²) in [5, 5.41) is 5.63. The highest BCUT2D eigenvalue weighted by molar-refractivity contribution is 7.89. The molecule has 0 saturated carbocycles. The van der Waals surface area contributed by atoms with Gasteiger partial charge in [-0.25, -0.2) is 21.9 Å². The molecule has 0 aromatic heterocycles. The summed E-state index contributed by atoms with van der Waals surface area (Å²) in [5.41, 5.74) is 1.33. The van der Waals surface area contributed by atoms with Crippen molar-refractivity contribution in [3.05, 3.63) is 83.4 Å². The van der Waals surface area contributed by atoms with Crippen LogP contribution in [0.3, 0.4) is 0 Å². The number of carbonyl (C=O) groups excluding carboxylic acids is 1. The summed E-state index contributed by atoms with van der Waals surface area (Å²) in [5.74, 6) is -1.86. The van der Waals surface area contributed by atoms with Gasteiger partial charge in [-0.1, -0.05) is 6.07 Å². The summed E-state index contributed by atoms with van der Waals surface area (Å²) in [6, 6.07) is 14.1. The zero-order valence-corrected chi connectivity index (χ0v) is 18.1. The van der Waals surface area contributed by atoms with Crippen molar-refractivity contribution in [3.8, 4) is 5.75 Å². The number of sulfonamides is 1. The number of carbonyl (C=O) groups is 1. The lowest BCUT2D eigenvalue weighted by atomic mass is 10.1. The molecule has 3 aromatic carbocycles. The Morgan fingerprint density at radius 1 is 0.938 bits per heavy atom. The predicted molar refractivity (Wildman–Crippen MR) is 117 cm³/mol. The molecule has 1 amide bonds. The quantitative estimate of drug-likeness (QED) is 0.475. The van der Waals surface area contributed by atoms with Crippen LogP contribution < -0.4 is 20.1 Å². The van der Waals surface area contributed by atoms with Crippen LogP contribution >= 0.6 is 0 Å². The Balaban J connectivity index is 1.87. The lowest BCUT2D eigenvalue weighted by Gasteiger charge is -2.13.